The molecule has 12 heteroatoms. The van der Waals surface area contributed by atoms with Crippen molar-refractivity contribution >= 4 is 0 Å². The highest BCUT2D eigenvalue weighted by molar-refractivity contribution is 5.29. The van der Waals surface area contributed by atoms with E-state index < -0.39 is 73.8 Å². The molecule has 8 aliphatic rings. The van der Waals surface area contributed by atoms with Crippen molar-refractivity contribution in [1.29, 1.82) is 0 Å². The quantitative estimate of drug-likeness (QED) is 0.228. The zero-order valence-corrected chi connectivity index (χ0v) is 31.8. The lowest BCUT2D eigenvalue weighted by atomic mass is 9.41. The molecule has 0 radical (unpaired) electrons. The van der Waals surface area contributed by atoms with Gasteiger partial charge in [-0.25, -0.2) is 0 Å². The zero-order valence-electron chi connectivity index (χ0n) is 31.8. The lowest BCUT2D eigenvalue weighted by molar-refractivity contribution is -0.369. The van der Waals surface area contributed by atoms with Gasteiger partial charge in [0.05, 0.1) is 31.5 Å². The molecule has 6 N–H and O–H groups in total. The van der Waals surface area contributed by atoms with E-state index in [2.05, 4.69) is 40.7 Å². The summed E-state index contributed by atoms with van der Waals surface area (Å²) in [5, 5.41) is 63.0. The van der Waals surface area contributed by atoms with Crippen molar-refractivity contribution in [1.82, 2.24) is 0 Å². The van der Waals surface area contributed by atoms with Crippen LogP contribution in [-0.2, 0) is 28.4 Å². The van der Waals surface area contributed by atoms with E-state index in [0.717, 1.165) is 45.1 Å². The van der Waals surface area contributed by atoms with Gasteiger partial charge in [-0.2, -0.15) is 0 Å². The van der Waals surface area contributed by atoms with Crippen LogP contribution in [0.25, 0.3) is 0 Å². The van der Waals surface area contributed by atoms with Crippen LogP contribution < -0.4 is 0 Å². The Bertz CT molecular complexity index is 1350. The molecule has 1 spiro atoms. The molecule has 7 fully saturated rings. The van der Waals surface area contributed by atoms with Crippen molar-refractivity contribution in [2.24, 2.45) is 45.8 Å². The molecule has 0 aromatic heterocycles. The Labute approximate surface area is 308 Å². The number of hydrogen-bond donors (Lipinski definition) is 6. The second kappa shape index (κ2) is 13.4. The molecular weight excluding hydrogens is 672 g/mol. The Balaban J connectivity index is 0.984. The van der Waals surface area contributed by atoms with Crippen LogP contribution in [0.3, 0.4) is 0 Å². The van der Waals surface area contributed by atoms with E-state index in [-0.39, 0.29) is 28.5 Å². The maximum atomic E-state index is 11.2. The number of aliphatic hydroxyl groups is 6. The zero-order chi connectivity index (χ0) is 37.1. The Morgan fingerprint density at radius 3 is 2.27 bits per heavy atom. The highest BCUT2D eigenvalue weighted by atomic mass is 16.8. The van der Waals surface area contributed by atoms with E-state index in [9.17, 15) is 30.6 Å². The van der Waals surface area contributed by atoms with Crippen LogP contribution in [0.2, 0.25) is 0 Å². The minimum Gasteiger partial charge on any atom is -0.394 e. The topological polar surface area (TPSA) is 177 Å². The fourth-order valence-electron chi connectivity index (χ4n) is 13.2. The van der Waals surface area contributed by atoms with Crippen LogP contribution in [0.4, 0.5) is 0 Å². The van der Waals surface area contributed by atoms with Gasteiger partial charge in [-0.15, -0.1) is 0 Å². The third-order valence-electron chi connectivity index (χ3n) is 16.1. The summed E-state index contributed by atoms with van der Waals surface area (Å²) in [7, 11) is 0. The molecule has 4 aliphatic carbocycles. The van der Waals surface area contributed by atoms with Crippen LogP contribution in [0.5, 0.6) is 0 Å². The smallest absolute Gasteiger partial charge is 0.187 e. The maximum absolute atomic E-state index is 11.2. The monoisotopic (exact) mass is 736 g/mol. The average Bonchev–Trinajstić information content (AvgIpc) is 3.57. The van der Waals surface area contributed by atoms with E-state index in [0.29, 0.717) is 36.0 Å². The molecule has 3 saturated carbocycles. The summed E-state index contributed by atoms with van der Waals surface area (Å²) in [4.78, 5) is 0. The van der Waals surface area contributed by atoms with E-state index in [4.69, 9.17) is 28.4 Å². The molecule has 4 saturated heterocycles. The molecule has 0 bridgehead atoms. The van der Waals surface area contributed by atoms with Gasteiger partial charge in [0.1, 0.15) is 42.7 Å². The fourth-order valence-corrected chi connectivity index (χ4v) is 13.2. The van der Waals surface area contributed by atoms with Crippen molar-refractivity contribution in [2.75, 3.05) is 13.2 Å². The summed E-state index contributed by atoms with van der Waals surface area (Å²) in [5.74, 6) is 2.15. The third kappa shape index (κ3) is 5.67. The molecule has 21 atom stereocenters. The van der Waals surface area contributed by atoms with Gasteiger partial charge in [-0.1, -0.05) is 46.3 Å². The van der Waals surface area contributed by atoms with Crippen LogP contribution >= 0.6 is 0 Å². The predicted octanol–water partition coefficient (Wildman–Crippen LogP) is 2.78. The van der Waals surface area contributed by atoms with Gasteiger partial charge in [-0.3, -0.25) is 0 Å². The Morgan fingerprint density at radius 2 is 1.56 bits per heavy atom. The Kier molecular flexibility index (Phi) is 9.86. The lowest BCUT2D eigenvalue weighted by Gasteiger charge is -2.63. The van der Waals surface area contributed by atoms with E-state index in [1.807, 2.05) is 0 Å². The summed E-state index contributed by atoms with van der Waals surface area (Å²) < 4.78 is 37.8. The van der Waals surface area contributed by atoms with Crippen LogP contribution in [0.15, 0.2) is 11.6 Å². The Morgan fingerprint density at radius 1 is 0.788 bits per heavy atom. The number of fused-ring (bicyclic) bond motifs is 7. The molecular formula is C40H64O12. The van der Waals surface area contributed by atoms with Gasteiger partial charge in [0.15, 0.2) is 18.4 Å². The first-order valence-electron chi connectivity index (χ1n) is 20.2. The summed E-state index contributed by atoms with van der Waals surface area (Å²) in [6, 6.07) is 0. The standard InChI is InChI=1S/C40H64O12/c1-19-7-14-40(47-18-19)20(2)28-24(52-40)16-27-38(5)11-8-22-15-23(9-12-37(22,4)26(38)10-13-39(27,28)6)49-36-34(32(45)30(43)25(17-41)50-36)51-35-33(46)31(44)29(42)21(3)48-35/h8,19-21,23-36,41-46H,7,9-18H2,1-6H3. The van der Waals surface area contributed by atoms with Crippen LogP contribution in [0, 0.1) is 45.8 Å². The first kappa shape index (κ1) is 38.1. The normalized spacial score (nSPS) is 58.9. The van der Waals surface area contributed by atoms with Crippen LogP contribution in [0.1, 0.15) is 99.3 Å². The van der Waals surface area contributed by atoms with Gasteiger partial charge >= 0.3 is 0 Å². The number of hydrogen-bond acceptors (Lipinski definition) is 12. The molecule has 0 aromatic rings. The molecule has 296 valence electrons. The van der Waals surface area contributed by atoms with Crippen molar-refractivity contribution in [3.63, 3.8) is 0 Å². The van der Waals surface area contributed by atoms with E-state index in [1.165, 1.54) is 25.3 Å². The number of ether oxygens (including phenoxy) is 6. The minimum atomic E-state index is -1.61. The largest absolute Gasteiger partial charge is 0.394 e. The van der Waals surface area contributed by atoms with Crippen molar-refractivity contribution < 1.29 is 59.1 Å². The van der Waals surface area contributed by atoms with Crippen molar-refractivity contribution in [3.8, 4) is 0 Å². The lowest BCUT2D eigenvalue weighted by Crippen LogP contribution is -2.64. The van der Waals surface area contributed by atoms with Crippen LogP contribution in [-0.4, -0.2) is 123 Å². The number of allylic oxidation sites excluding steroid dienone is 1. The van der Waals surface area contributed by atoms with Gasteiger partial charge in [-0.05, 0) is 98.2 Å². The molecule has 12 nitrogen and oxygen atoms in total. The first-order chi connectivity index (χ1) is 24.6. The molecule has 52 heavy (non-hydrogen) atoms. The summed E-state index contributed by atoms with van der Waals surface area (Å²) in [6.07, 6.45) is -1.89. The van der Waals surface area contributed by atoms with E-state index in [1.54, 1.807) is 0 Å². The number of aliphatic hydroxyl groups excluding tert-OH is 6. The molecule has 0 aromatic carbocycles. The highest BCUT2D eigenvalue weighted by Gasteiger charge is 2.71. The van der Waals surface area contributed by atoms with Gasteiger partial charge in [0, 0.05) is 12.3 Å². The van der Waals surface area contributed by atoms with Crippen molar-refractivity contribution in [2.45, 2.75) is 179 Å². The SMILES string of the molecule is CC1CCC2(OC1)OC1CC3C(C)(CCC4C5(C)CCC(OC6OC(CO)C(O)C(O)C6OC6OC(C)C(O)C(O)C6O)CC5=CCC43C)C1C2C. The fraction of sp³-hybridized carbons (Fsp3) is 0.950. The van der Waals surface area contributed by atoms with Gasteiger partial charge in [0.25, 0.3) is 0 Å². The second-order valence-electron chi connectivity index (χ2n) is 19.0. The molecule has 4 heterocycles. The summed E-state index contributed by atoms with van der Waals surface area (Å²) in [6.45, 7) is 14.0. The molecule has 8 rings (SSSR count). The number of rotatable bonds is 5. The third-order valence-corrected chi connectivity index (χ3v) is 16.1. The summed E-state index contributed by atoms with van der Waals surface area (Å²) in [5.41, 5.74) is 1.77. The summed E-state index contributed by atoms with van der Waals surface area (Å²) >= 11 is 0. The maximum Gasteiger partial charge on any atom is 0.187 e. The van der Waals surface area contributed by atoms with Gasteiger partial charge in [0.2, 0.25) is 0 Å². The minimum absolute atomic E-state index is 0.0159. The van der Waals surface area contributed by atoms with Crippen molar-refractivity contribution in [3.05, 3.63) is 11.6 Å². The van der Waals surface area contributed by atoms with Gasteiger partial charge < -0.3 is 59.1 Å². The average molecular weight is 737 g/mol. The Hall–Kier alpha value is -0.740. The second-order valence-corrected chi connectivity index (χ2v) is 19.0. The van der Waals surface area contributed by atoms with E-state index >= 15 is 0 Å². The molecule has 21 unspecified atom stereocenters. The molecule has 4 aliphatic heterocycles. The first-order valence-corrected chi connectivity index (χ1v) is 20.2. The highest BCUT2D eigenvalue weighted by Crippen LogP contribution is 2.74. The predicted molar refractivity (Wildman–Crippen MR) is 186 cm³/mol. The molecule has 0 amide bonds.